The van der Waals surface area contributed by atoms with E-state index in [1.54, 1.807) is 0 Å². The number of hydrogen-bond acceptors (Lipinski definition) is 6. The third-order valence-electron chi connectivity index (χ3n) is 2.40. The number of ether oxygens (including phenoxy) is 1. The number of carbonyl (C=O) groups is 1. The van der Waals surface area contributed by atoms with Gasteiger partial charge in [-0.05, 0) is 12.1 Å². The van der Waals surface area contributed by atoms with Crippen LogP contribution in [0, 0.1) is 11.3 Å². The lowest BCUT2D eigenvalue weighted by Gasteiger charge is -2.19. The molecular formula is C11H14N2O5S2. The van der Waals surface area contributed by atoms with Crippen LogP contribution in [0.1, 0.15) is 16.1 Å². The first-order valence-corrected chi connectivity index (χ1v) is 7.88. The van der Waals surface area contributed by atoms with Crippen LogP contribution in [0.3, 0.4) is 0 Å². The predicted octanol–water partition coefficient (Wildman–Crippen LogP) is 0.997. The van der Waals surface area contributed by atoms with Crippen molar-refractivity contribution in [2.45, 2.75) is 10.6 Å². The van der Waals surface area contributed by atoms with Gasteiger partial charge in [0.05, 0.1) is 12.7 Å². The lowest BCUT2D eigenvalue weighted by atomic mass is 10.4. The molecule has 1 N–H and O–H groups in total. The first-order valence-electron chi connectivity index (χ1n) is 5.62. The van der Waals surface area contributed by atoms with Gasteiger partial charge in [0, 0.05) is 26.6 Å². The number of nitrogens with zero attached hydrogens (tertiary/aromatic N) is 2. The second kappa shape index (κ2) is 7.35. The van der Waals surface area contributed by atoms with E-state index >= 15 is 0 Å². The monoisotopic (exact) mass is 318 g/mol. The van der Waals surface area contributed by atoms with Gasteiger partial charge < -0.3 is 9.84 Å². The van der Waals surface area contributed by atoms with Crippen LogP contribution in [0.5, 0.6) is 0 Å². The fourth-order valence-electron chi connectivity index (χ4n) is 1.42. The SMILES string of the molecule is COCCN(CCC#N)S(=O)(=O)c1ccc(C(=O)O)s1. The third-order valence-corrected chi connectivity index (χ3v) is 5.84. The predicted molar refractivity (Wildman–Crippen MR) is 72.1 cm³/mol. The highest BCUT2D eigenvalue weighted by Gasteiger charge is 2.26. The van der Waals surface area contributed by atoms with Gasteiger partial charge in [0.2, 0.25) is 0 Å². The van der Waals surface area contributed by atoms with Gasteiger partial charge >= 0.3 is 5.97 Å². The summed E-state index contributed by atoms with van der Waals surface area (Å²) in [7, 11) is -2.35. The maximum atomic E-state index is 12.4. The van der Waals surface area contributed by atoms with Crippen molar-refractivity contribution in [1.82, 2.24) is 4.31 Å². The molecule has 0 spiro atoms. The summed E-state index contributed by atoms with van der Waals surface area (Å²) >= 11 is 0.690. The quantitative estimate of drug-likeness (QED) is 0.766. The molecule has 0 aliphatic rings. The molecule has 9 heteroatoms. The van der Waals surface area contributed by atoms with Crippen molar-refractivity contribution in [3.63, 3.8) is 0 Å². The molecule has 1 heterocycles. The summed E-state index contributed by atoms with van der Waals surface area (Å²) in [6.45, 7) is 0.352. The molecule has 0 fully saturated rings. The molecule has 0 bridgehead atoms. The number of rotatable bonds is 8. The minimum absolute atomic E-state index is 0.0441. The highest BCUT2D eigenvalue weighted by molar-refractivity contribution is 7.91. The van der Waals surface area contributed by atoms with Crippen LogP contribution >= 0.6 is 11.3 Å². The van der Waals surface area contributed by atoms with Crippen molar-refractivity contribution in [2.24, 2.45) is 0 Å². The summed E-state index contributed by atoms with van der Waals surface area (Å²) in [4.78, 5) is 10.7. The van der Waals surface area contributed by atoms with E-state index in [2.05, 4.69) is 0 Å². The topological polar surface area (TPSA) is 108 Å². The molecule has 0 saturated carbocycles. The van der Waals surface area contributed by atoms with E-state index < -0.39 is 16.0 Å². The Morgan fingerprint density at radius 1 is 1.50 bits per heavy atom. The van der Waals surface area contributed by atoms with Crippen molar-refractivity contribution in [1.29, 1.82) is 5.26 Å². The van der Waals surface area contributed by atoms with E-state index in [4.69, 9.17) is 15.1 Å². The van der Waals surface area contributed by atoms with Crippen LogP contribution < -0.4 is 0 Å². The maximum absolute atomic E-state index is 12.4. The van der Waals surface area contributed by atoms with E-state index in [1.807, 2.05) is 6.07 Å². The van der Waals surface area contributed by atoms with E-state index in [-0.39, 0.29) is 35.2 Å². The fraction of sp³-hybridized carbons (Fsp3) is 0.455. The molecule has 0 aromatic carbocycles. The van der Waals surface area contributed by atoms with Crippen LogP contribution in [-0.4, -0.2) is 50.6 Å². The zero-order valence-electron chi connectivity index (χ0n) is 10.8. The Morgan fingerprint density at radius 2 is 2.20 bits per heavy atom. The lowest BCUT2D eigenvalue weighted by molar-refractivity contribution is 0.0702. The molecule has 0 saturated heterocycles. The first kappa shape index (κ1) is 16.6. The molecule has 1 rings (SSSR count). The molecule has 0 aliphatic carbocycles. The highest BCUT2D eigenvalue weighted by Crippen LogP contribution is 2.25. The van der Waals surface area contributed by atoms with Crippen molar-refractivity contribution in [3.05, 3.63) is 17.0 Å². The first-order chi connectivity index (χ1) is 9.43. The Kier molecular flexibility index (Phi) is 6.09. The number of carboxylic acids is 1. The highest BCUT2D eigenvalue weighted by atomic mass is 32.2. The summed E-state index contributed by atoms with van der Waals surface area (Å²) in [5.74, 6) is -1.17. The maximum Gasteiger partial charge on any atom is 0.345 e. The van der Waals surface area contributed by atoms with Gasteiger partial charge in [0.15, 0.2) is 0 Å². The molecule has 0 unspecified atom stereocenters. The van der Waals surface area contributed by atoms with Crippen LogP contribution in [0.25, 0.3) is 0 Å². The Hall–Kier alpha value is -1.47. The fourth-order valence-corrected chi connectivity index (χ4v) is 4.14. The molecule has 0 atom stereocenters. The van der Waals surface area contributed by atoms with Crippen molar-refractivity contribution in [3.8, 4) is 6.07 Å². The molecule has 7 nitrogen and oxygen atoms in total. The number of methoxy groups -OCH3 is 1. The summed E-state index contributed by atoms with van der Waals surface area (Å²) in [5.41, 5.74) is 0. The zero-order valence-corrected chi connectivity index (χ0v) is 12.4. The molecule has 0 amide bonds. The summed E-state index contributed by atoms with van der Waals surface area (Å²) < 4.78 is 30.6. The number of thiophene rings is 1. The molecule has 1 aromatic heterocycles. The second-order valence-corrected chi connectivity index (χ2v) is 6.98. The molecular weight excluding hydrogens is 304 g/mol. The second-order valence-electron chi connectivity index (χ2n) is 3.73. The van der Waals surface area contributed by atoms with Crippen LogP contribution in [0.2, 0.25) is 0 Å². The molecule has 110 valence electrons. The molecule has 0 aliphatic heterocycles. The average molecular weight is 318 g/mol. The number of sulfonamides is 1. The summed E-state index contributed by atoms with van der Waals surface area (Å²) in [6.07, 6.45) is 0.0557. The van der Waals surface area contributed by atoms with Gasteiger partial charge in [-0.3, -0.25) is 0 Å². The van der Waals surface area contributed by atoms with Crippen molar-refractivity contribution >= 4 is 27.3 Å². The smallest absolute Gasteiger partial charge is 0.345 e. The summed E-state index contributed by atoms with van der Waals surface area (Å²) in [6, 6.07) is 4.39. The number of carboxylic acid groups (broad SMARTS) is 1. The van der Waals surface area contributed by atoms with Crippen molar-refractivity contribution in [2.75, 3.05) is 26.8 Å². The van der Waals surface area contributed by atoms with E-state index in [0.29, 0.717) is 11.3 Å². The molecule has 1 aromatic rings. The van der Waals surface area contributed by atoms with Gasteiger partial charge in [-0.25, -0.2) is 13.2 Å². The van der Waals surface area contributed by atoms with Crippen LogP contribution in [0.4, 0.5) is 0 Å². The third kappa shape index (κ3) is 4.01. The zero-order chi connectivity index (χ0) is 15.2. The Bertz CT molecular complexity index is 603. The minimum Gasteiger partial charge on any atom is -0.477 e. The largest absolute Gasteiger partial charge is 0.477 e. The van der Waals surface area contributed by atoms with E-state index in [0.717, 1.165) is 4.31 Å². The average Bonchev–Trinajstić information content (AvgIpc) is 2.89. The van der Waals surface area contributed by atoms with Gasteiger partial charge in [-0.15, -0.1) is 11.3 Å². The number of aromatic carboxylic acids is 1. The Labute approximate surface area is 121 Å². The van der Waals surface area contributed by atoms with Gasteiger partial charge in [-0.1, -0.05) is 0 Å². The molecule has 0 radical (unpaired) electrons. The molecule has 20 heavy (non-hydrogen) atoms. The van der Waals surface area contributed by atoms with Crippen LogP contribution in [0.15, 0.2) is 16.3 Å². The van der Waals surface area contributed by atoms with E-state index in [9.17, 15) is 13.2 Å². The lowest BCUT2D eigenvalue weighted by Crippen LogP contribution is -2.34. The van der Waals surface area contributed by atoms with E-state index in [1.165, 1.54) is 19.2 Å². The summed E-state index contributed by atoms with van der Waals surface area (Å²) in [5, 5.41) is 17.4. The van der Waals surface area contributed by atoms with Crippen molar-refractivity contribution < 1.29 is 23.1 Å². The Morgan fingerprint density at radius 3 is 2.70 bits per heavy atom. The number of nitriles is 1. The number of hydrogen-bond donors (Lipinski definition) is 1. The normalized spacial score (nSPS) is 11.4. The standard InChI is InChI=1S/C11H14N2O5S2/c1-18-8-7-13(6-2-5-12)20(16,17)10-4-3-9(19-10)11(14)15/h3-4H,2,6-8H2,1H3,(H,14,15). The van der Waals surface area contributed by atoms with Gasteiger partial charge in [0.25, 0.3) is 10.0 Å². The Balaban J connectivity index is 3.01. The van der Waals surface area contributed by atoms with Crippen LogP contribution in [-0.2, 0) is 14.8 Å². The van der Waals surface area contributed by atoms with Gasteiger partial charge in [-0.2, -0.15) is 9.57 Å². The minimum atomic E-state index is -3.80. The van der Waals surface area contributed by atoms with Gasteiger partial charge in [0.1, 0.15) is 9.09 Å².